The highest BCUT2D eigenvalue weighted by Crippen LogP contribution is 2.18. The van der Waals surface area contributed by atoms with E-state index in [2.05, 4.69) is 0 Å². The van der Waals surface area contributed by atoms with Crippen LogP contribution in [0.3, 0.4) is 0 Å². The minimum atomic E-state index is -0.337. The monoisotopic (exact) mass is 278 g/mol. The molecular weight excluding hydrogens is 266 g/mol. The zero-order chi connectivity index (χ0) is 13.7. The van der Waals surface area contributed by atoms with E-state index in [9.17, 15) is 13.6 Å². The molecule has 4 heteroatoms. The van der Waals surface area contributed by atoms with E-state index in [1.165, 1.54) is 36.0 Å². The number of hydrogen-bond donors (Lipinski definition) is 0. The van der Waals surface area contributed by atoms with Gasteiger partial charge in [-0.1, -0.05) is 12.1 Å². The van der Waals surface area contributed by atoms with Crippen molar-refractivity contribution in [2.24, 2.45) is 0 Å². The van der Waals surface area contributed by atoms with Crippen LogP contribution in [-0.2, 0) is 11.2 Å². The van der Waals surface area contributed by atoms with Crippen molar-refractivity contribution < 1.29 is 13.6 Å². The molecular formula is C15H12F2OS. The number of rotatable bonds is 5. The Morgan fingerprint density at radius 3 is 2.42 bits per heavy atom. The van der Waals surface area contributed by atoms with E-state index < -0.39 is 0 Å². The summed E-state index contributed by atoms with van der Waals surface area (Å²) in [5.74, 6) is -0.325. The quantitative estimate of drug-likeness (QED) is 0.772. The molecule has 98 valence electrons. The summed E-state index contributed by atoms with van der Waals surface area (Å²) in [5, 5.41) is 0. The number of hydrogen-bond acceptors (Lipinski definition) is 2. The Kier molecular flexibility index (Phi) is 4.68. The third-order valence-corrected chi connectivity index (χ3v) is 3.58. The molecule has 0 atom stereocenters. The molecule has 0 amide bonds. The molecule has 19 heavy (non-hydrogen) atoms. The Hall–Kier alpha value is -1.68. The van der Waals surface area contributed by atoms with Crippen molar-refractivity contribution in [2.45, 2.75) is 11.3 Å². The van der Waals surface area contributed by atoms with Gasteiger partial charge in [-0.3, -0.25) is 4.79 Å². The molecule has 0 aliphatic rings. The van der Waals surface area contributed by atoms with Gasteiger partial charge in [-0.2, -0.15) is 0 Å². The number of ketones is 1. The number of thioether (sulfide) groups is 1. The maximum absolute atomic E-state index is 13.0. The van der Waals surface area contributed by atoms with Crippen molar-refractivity contribution in [3.63, 3.8) is 0 Å². The number of benzene rings is 2. The largest absolute Gasteiger partial charge is 0.298 e. The number of carbonyl (C=O) groups is 1. The zero-order valence-electron chi connectivity index (χ0n) is 10.1. The Morgan fingerprint density at radius 2 is 1.74 bits per heavy atom. The van der Waals surface area contributed by atoms with Crippen LogP contribution >= 0.6 is 11.8 Å². The van der Waals surface area contributed by atoms with Crippen molar-refractivity contribution in [1.29, 1.82) is 0 Å². The highest BCUT2D eigenvalue weighted by molar-refractivity contribution is 8.00. The Labute approximate surface area is 114 Å². The second-order valence-electron chi connectivity index (χ2n) is 4.09. The third kappa shape index (κ3) is 4.48. The van der Waals surface area contributed by atoms with Gasteiger partial charge in [0, 0.05) is 11.3 Å². The Balaban J connectivity index is 1.86. The predicted octanol–water partition coefficient (Wildman–Crippen LogP) is 3.87. The maximum atomic E-state index is 13.0. The van der Waals surface area contributed by atoms with Crippen molar-refractivity contribution in [1.82, 2.24) is 0 Å². The summed E-state index contributed by atoms with van der Waals surface area (Å²) < 4.78 is 25.7. The van der Waals surface area contributed by atoms with Gasteiger partial charge in [0.2, 0.25) is 0 Å². The zero-order valence-corrected chi connectivity index (χ0v) is 10.9. The molecule has 1 nitrogen and oxygen atoms in total. The molecule has 0 unspecified atom stereocenters. The van der Waals surface area contributed by atoms with Gasteiger partial charge >= 0.3 is 0 Å². The van der Waals surface area contributed by atoms with E-state index >= 15 is 0 Å². The van der Waals surface area contributed by atoms with Crippen LogP contribution in [0, 0.1) is 11.6 Å². The van der Waals surface area contributed by atoms with Gasteiger partial charge in [-0.05, 0) is 42.0 Å². The van der Waals surface area contributed by atoms with Crippen LogP contribution in [0.25, 0.3) is 0 Å². The minimum absolute atomic E-state index is 0.0138. The highest BCUT2D eigenvalue weighted by Gasteiger charge is 2.06. The summed E-state index contributed by atoms with van der Waals surface area (Å²) >= 11 is 1.35. The molecule has 0 saturated carbocycles. The fraction of sp³-hybridized carbons (Fsp3) is 0.133. The molecule has 0 aliphatic heterocycles. The van der Waals surface area contributed by atoms with Gasteiger partial charge in [-0.15, -0.1) is 11.8 Å². The van der Waals surface area contributed by atoms with Gasteiger partial charge in [-0.25, -0.2) is 8.78 Å². The van der Waals surface area contributed by atoms with Crippen LogP contribution in [0.4, 0.5) is 8.78 Å². The van der Waals surface area contributed by atoms with Crippen molar-refractivity contribution >= 4 is 17.5 Å². The van der Waals surface area contributed by atoms with E-state index in [0.717, 1.165) is 4.90 Å². The molecule has 0 aromatic heterocycles. The van der Waals surface area contributed by atoms with Gasteiger partial charge in [0.1, 0.15) is 17.4 Å². The molecule has 2 rings (SSSR count). The number of carbonyl (C=O) groups excluding carboxylic acids is 1. The third-order valence-electron chi connectivity index (χ3n) is 2.50. The fourth-order valence-corrected chi connectivity index (χ4v) is 2.38. The van der Waals surface area contributed by atoms with Crippen molar-refractivity contribution in [3.8, 4) is 0 Å². The summed E-state index contributed by atoms with van der Waals surface area (Å²) in [6.07, 6.45) is 0.214. The summed E-state index contributed by atoms with van der Waals surface area (Å²) in [6, 6.07) is 12.0. The molecule has 2 aromatic rings. The molecule has 0 saturated heterocycles. The van der Waals surface area contributed by atoms with Gasteiger partial charge in [0.05, 0.1) is 5.75 Å². The average Bonchev–Trinajstić information content (AvgIpc) is 2.38. The van der Waals surface area contributed by atoms with Crippen LogP contribution in [0.1, 0.15) is 5.56 Å². The van der Waals surface area contributed by atoms with Crippen LogP contribution in [0.15, 0.2) is 53.4 Å². The SMILES string of the molecule is O=C(CSc1ccc(F)cc1)Cc1cccc(F)c1. The lowest BCUT2D eigenvalue weighted by Crippen LogP contribution is -2.05. The molecule has 0 spiro atoms. The lowest BCUT2D eigenvalue weighted by molar-refractivity contribution is -0.116. The van der Waals surface area contributed by atoms with Crippen molar-refractivity contribution in [2.75, 3.05) is 5.75 Å². The molecule has 0 radical (unpaired) electrons. The lowest BCUT2D eigenvalue weighted by atomic mass is 10.1. The van der Waals surface area contributed by atoms with E-state index in [0.29, 0.717) is 11.3 Å². The highest BCUT2D eigenvalue weighted by atomic mass is 32.2. The van der Waals surface area contributed by atoms with Crippen LogP contribution in [0.5, 0.6) is 0 Å². The summed E-state index contributed by atoms with van der Waals surface area (Å²) in [6.45, 7) is 0. The first-order chi connectivity index (χ1) is 9.13. The van der Waals surface area contributed by atoms with Gasteiger partial charge in [0.15, 0.2) is 0 Å². The lowest BCUT2D eigenvalue weighted by Gasteiger charge is -2.02. The van der Waals surface area contributed by atoms with E-state index in [-0.39, 0.29) is 23.8 Å². The van der Waals surface area contributed by atoms with E-state index in [1.54, 1.807) is 24.3 Å². The summed E-state index contributed by atoms with van der Waals surface area (Å²) in [5.41, 5.74) is 0.671. The fourth-order valence-electron chi connectivity index (χ4n) is 1.62. The Bertz CT molecular complexity index is 567. The first-order valence-electron chi connectivity index (χ1n) is 5.78. The maximum Gasteiger partial charge on any atom is 0.147 e. The first kappa shape index (κ1) is 13.7. The number of halogens is 2. The molecule has 0 aliphatic carbocycles. The first-order valence-corrected chi connectivity index (χ1v) is 6.76. The second-order valence-corrected chi connectivity index (χ2v) is 5.14. The molecule has 0 heterocycles. The van der Waals surface area contributed by atoms with E-state index in [1.807, 2.05) is 0 Å². The molecule has 0 N–H and O–H groups in total. The van der Waals surface area contributed by atoms with Gasteiger partial charge < -0.3 is 0 Å². The second kappa shape index (κ2) is 6.48. The molecule has 0 bridgehead atoms. The minimum Gasteiger partial charge on any atom is -0.298 e. The van der Waals surface area contributed by atoms with Crippen LogP contribution in [0.2, 0.25) is 0 Å². The summed E-state index contributed by atoms with van der Waals surface area (Å²) in [7, 11) is 0. The van der Waals surface area contributed by atoms with Crippen LogP contribution < -0.4 is 0 Å². The van der Waals surface area contributed by atoms with Gasteiger partial charge in [0.25, 0.3) is 0 Å². The summed E-state index contributed by atoms with van der Waals surface area (Å²) in [4.78, 5) is 12.6. The normalized spacial score (nSPS) is 10.4. The topological polar surface area (TPSA) is 17.1 Å². The van der Waals surface area contributed by atoms with Crippen molar-refractivity contribution in [3.05, 3.63) is 65.7 Å². The average molecular weight is 278 g/mol. The smallest absolute Gasteiger partial charge is 0.147 e. The predicted molar refractivity (Wildman–Crippen MR) is 72.2 cm³/mol. The van der Waals surface area contributed by atoms with Crippen LogP contribution in [-0.4, -0.2) is 11.5 Å². The standard InChI is InChI=1S/C15H12F2OS/c16-12-4-6-15(7-5-12)19-10-14(18)9-11-2-1-3-13(17)8-11/h1-8H,9-10H2. The van der Waals surface area contributed by atoms with E-state index in [4.69, 9.17) is 0 Å². The molecule has 2 aromatic carbocycles. The molecule has 0 fully saturated rings. The number of Topliss-reactive ketones (excluding diaryl/α,β-unsaturated/α-hetero) is 1. The Morgan fingerprint density at radius 1 is 1.00 bits per heavy atom.